The normalized spacial score (nSPS) is 19.0. The fourth-order valence-corrected chi connectivity index (χ4v) is 4.47. The predicted molar refractivity (Wildman–Crippen MR) is 115 cm³/mol. The molecule has 8 heteroatoms. The molecule has 0 bridgehead atoms. The Bertz CT molecular complexity index is 1020. The maximum absolute atomic E-state index is 12.9. The van der Waals surface area contributed by atoms with E-state index in [9.17, 15) is 9.59 Å². The van der Waals surface area contributed by atoms with Crippen LogP contribution in [-0.2, 0) is 17.1 Å². The molecule has 1 atom stereocenters. The van der Waals surface area contributed by atoms with Gasteiger partial charge in [0.2, 0.25) is 0 Å². The molecule has 0 aliphatic carbocycles. The lowest BCUT2D eigenvalue weighted by Crippen LogP contribution is -2.61. The average molecular weight is 428 g/mol. The number of rotatable bonds is 4. The van der Waals surface area contributed by atoms with E-state index >= 15 is 0 Å². The SMILES string of the molecule is CN1C(=O)C2C(=NC(SCc3ccc(Cl)cc3)=[N+]2Cc2ccccc2)N(C)C1=O. The van der Waals surface area contributed by atoms with Crippen molar-refractivity contribution in [2.45, 2.75) is 18.3 Å². The molecule has 4 rings (SSSR count). The van der Waals surface area contributed by atoms with Gasteiger partial charge in [-0.1, -0.05) is 54.1 Å². The number of thioether (sulfide) groups is 1. The molecular weight excluding hydrogens is 408 g/mol. The Morgan fingerprint density at radius 2 is 1.69 bits per heavy atom. The number of aliphatic imine (C=N–C) groups is 1. The first-order chi connectivity index (χ1) is 14.0. The monoisotopic (exact) mass is 427 g/mol. The summed E-state index contributed by atoms with van der Waals surface area (Å²) in [6.45, 7) is 0.531. The molecule has 0 N–H and O–H groups in total. The Balaban J connectivity index is 1.67. The van der Waals surface area contributed by atoms with Gasteiger partial charge in [0.1, 0.15) is 6.54 Å². The van der Waals surface area contributed by atoms with Crippen LogP contribution in [0, 0.1) is 0 Å². The van der Waals surface area contributed by atoms with Gasteiger partial charge in [-0.05, 0) is 40.0 Å². The maximum Gasteiger partial charge on any atom is 0.358 e. The highest BCUT2D eigenvalue weighted by Crippen LogP contribution is 2.26. The van der Waals surface area contributed by atoms with Crippen molar-refractivity contribution in [3.8, 4) is 0 Å². The number of amidine groups is 2. The minimum atomic E-state index is -0.601. The minimum absolute atomic E-state index is 0.259. The molecule has 0 saturated carbocycles. The lowest BCUT2D eigenvalue weighted by Gasteiger charge is -2.30. The second kappa shape index (κ2) is 8.00. The standard InChI is InChI=1S/C21H20ClN4O2S/c1-24-18-17(19(27)25(2)21(24)28)26(12-14-6-4-3-5-7-14)20(23-18)29-13-15-8-10-16(22)11-9-15/h3-11,17H,12-13H2,1-2H3/q+1. The molecular formula is C21H20ClN4O2S+. The number of carbonyl (C=O) groups excluding carboxylic acids is 2. The summed E-state index contributed by atoms with van der Waals surface area (Å²) in [6.07, 6.45) is 0. The summed E-state index contributed by atoms with van der Waals surface area (Å²) < 4.78 is 1.98. The maximum atomic E-state index is 12.9. The summed E-state index contributed by atoms with van der Waals surface area (Å²) in [5, 5.41) is 1.42. The number of imide groups is 1. The van der Waals surface area contributed by atoms with Crippen LogP contribution >= 0.6 is 23.4 Å². The second-order valence-electron chi connectivity index (χ2n) is 6.92. The van der Waals surface area contributed by atoms with Gasteiger partial charge in [0.25, 0.3) is 17.8 Å². The van der Waals surface area contributed by atoms with Gasteiger partial charge < -0.3 is 0 Å². The molecule has 0 radical (unpaired) electrons. The zero-order valence-electron chi connectivity index (χ0n) is 16.1. The molecule has 1 unspecified atom stereocenters. The molecule has 0 spiro atoms. The molecule has 2 aromatic rings. The fraction of sp³-hybridized carbons (Fsp3) is 0.238. The number of likely N-dealkylation sites (N-methyl/N-ethyl adjacent to an activating group) is 2. The summed E-state index contributed by atoms with van der Waals surface area (Å²) in [5.74, 6) is 0.903. The van der Waals surface area contributed by atoms with Crippen molar-refractivity contribution >= 4 is 46.3 Å². The topological polar surface area (TPSA) is 56.0 Å². The Morgan fingerprint density at radius 3 is 2.38 bits per heavy atom. The van der Waals surface area contributed by atoms with Crippen molar-refractivity contribution in [2.75, 3.05) is 14.1 Å². The largest absolute Gasteiger partial charge is 0.358 e. The van der Waals surface area contributed by atoms with Crippen LogP contribution in [0.2, 0.25) is 5.02 Å². The molecule has 0 aromatic heterocycles. The quantitative estimate of drug-likeness (QED) is 0.702. The summed E-state index contributed by atoms with van der Waals surface area (Å²) in [5.41, 5.74) is 2.18. The van der Waals surface area contributed by atoms with E-state index in [4.69, 9.17) is 16.6 Å². The Morgan fingerprint density at radius 1 is 1.00 bits per heavy atom. The summed E-state index contributed by atoms with van der Waals surface area (Å²) >= 11 is 7.52. The van der Waals surface area contributed by atoms with Crippen LogP contribution in [0.3, 0.4) is 0 Å². The van der Waals surface area contributed by atoms with Crippen molar-refractivity contribution in [2.24, 2.45) is 4.99 Å². The van der Waals surface area contributed by atoms with Gasteiger partial charge in [0, 0.05) is 24.9 Å². The Labute approximate surface area is 178 Å². The van der Waals surface area contributed by atoms with Gasteiger partial charge in [-0.25, -0.2) is 9.37 Å². The van der Waals surface area contributed by atoms with E-state index in [1.54, 1.807) is 18.8 Å². The highest BCUT2D eigenvalue weighted by Gasteiger charge is 2.53. The van der Waals surface area contributed by atoms with E-state index in [-0.39, 0.29) is 11.9 Å². The molecule has 148 valence electrons. The number of nitrogens with zero attached hydrogens (tertiary/aromatic N) is 4. The smallest absolute Gasteiger partial charge is 0.269 e. The Hall–Kier alpha value is -2.64. The molecule has 2 aliphatic heterocycles. The average Bonchev–Trinajstić information content (AvgIpc) is 3.09. The van der Waals surface area contributed by atoms with E-state index in [0.29, 0.717) is 23.2 Å². The van der Waals surface area contributed by atoms with Crippen molar-refractivity contribution in [3.63, 3.8) is 0 Å². The number of hydrogen-bond donors (Lipinski definition) is 0. The first kappa shape index (κ1) is 19.7. The number of urea groups is 1. The van der Waals surface area contributed by atoms with Gasteiger partial charge in [-0.3, -0.25) is 14.6 Å². The molecule has 6 nitrogen and oxygen atoms in total. The van der Waals surface area contributed by atoms with Crippen LogP contribution in [0.15, 0.2) is 59.6 Å². The number of benzene rings is 2. The zero-order chi connectivity index (χ0) is 20.5. The molecule has 2 aliphatic rings. The van der Waals surface area contributed by atoms with E-state index in [2.05, 4.69) is 0 Å². The number of carbonyl (C=O) groups is 2. The van der Waals surface area contributed by atoms with Gasteiger partial charge in [0.15, 0.2) is 0 Å². The number of hydrogen-bond acceptors (Lipinski definition) is 4. The van der Waals surface area contributed by atoms with Gasteiger partial charge in [-0.15, -0.1) is 0 Å². The van der Waals surface area contributed by atoms with Gasteiger partial charge >= 0.3 is 11.2 Å². The zero-order valence-corrected chi connectivity index (χ0v) is 17.7. The lowest BCUT2D eigenvalue weighted by atomic mass is 10.1. The number of amides is 3. The Kier molecular flexibility index (Phi) is 5.43. The first-order valence-electron chi connectivity index (χ1n) is 9.14. The molecule has 1 fully saturated rings. The van der Waals surface area contributed by atoms with Crippen molar-refractivity contribution < 1.29 is 14.2 Å². The van der Waals surface area contributed by atoms with Gasteiger partial charge in [-0.2, -0.15) is 0 Å². The second-order valence-corrected chi connectivity index (χ2v) is 8.30. The van der Waals surface area contributed by atoms with Crippen molar-refractivity contribution in [1.82, 2.24) is 9.80 Å². The summed E-state index contributed by atoms with van der Waals surface area (Å²) in [4.78, 5) is 32.6. The predicted octanol–water partition coefficient (Wildman–Crippen LogP) is 3.45. The molecule has 2 aromatic carbocycles. The molecule has 1 saturated heterocycles. The first-order valence-corrected chi connectivity index (χ1v) is 10.5. The minimum Gasteiger partial charge on any atom is -0.269 e. The van der Waals surface area contributed by atoms with Crippen LogP contribution in [0.4, 0.5) is 4.79 Å². The fourth-order valence-electron chi connectivity index (χ4n) is 3.36. The van der Waals surface area contributed by atoms with Crippen molar-refractivity contribution in [3.05, 3.63) is 70.7 Å². The van der Waals surface area contributed by atoms with E-state index < -0.39 is 6.04 Å². The van der Waals surface area contributed by atoms with E-state index in [1.165, 1.54) is 11.9 Å². The summed E-state index contributed by atoms with van der Waals surface area (Å²) in [6, 6.07) is 16.6. The van der Waals surface area contributed by atoms with Gasteiger partial charge in [0.05, 0.1) is 0 Å². The third kappa shape index (κ3) is 3.80. The van der Waals surface area contributed by atoms with Crippen LogP contribution in [0.1, 0.15) is 11.1 Å². The van der Waals surface area contributed by atoms with E-state index in [0.717, 1.165) is 21.2 Å². The highest BCUT2D eigenvalue weighted by molar-refractivity contribution is 8.13. The van der Waals surface area contributed by atoms with E-state index in [1.807, 2.05) is 59.2 Å². The number of halogens is 1. The van der Waals surface area contributed by atoms with Crippen molar-refractivity contribution in [1.29, 1.82) is 0 Å². The lowest BCUT2D eigenvalue weighted by molar-refractivity contribution is -0.548. The van der Waals surface area contributed by atoms with Crippen LogP contribution in [0.25, 0.3) is 0 Å². The number of fused-ring (bicyclic) bond motifs is 1. The molecule has 29 heavy (non-hydrogen) atoms. The molecule has 3 amide bonds. The third-order valence-electron chi connectivity index (χ3n) is 4.97. The van der Waals surface area contributed by atoms with Crippen LogP contribution < -0.4 is 0 Å². The highest BCUT2D eigenvalue weighted by atomic mass is 35.5. The van der Waals surface area contributed by atoms with Crippen LogP contribution in [-0.4, -0.2) is 57.5 Å². The summed E-state index contributed by atoms with van der Waals surface area (Å²) in [7, 11) is 3.17. The molecule has 2 heterocycles. The third-order valence-corrected chi connectivity index (χ3v) is 6.28. The van der Waals surface area contributed by atoms with Crippen LogP contribution in [0.5, 0.6) is 0 Å².